The lowest BCUT2D eigenvalue weighted by atomic mass is 10.2. The summed E-state index contributed by atoms with van der Waals surface area (Å²) in [5.74, 6) is 0.545. The van der Waals surface area contributed by atoms with Gasteiger partial charge >= 0.3 is 0 Å². The molecule has 0 saturated heterocycles. The number of halogens is 1. The molecule has 0 aliphatic rings. The van der Waals surface area contributed by atoms with Gasteiger partial charge in [0.05, 0.1) is 7.11 Å². The van der Waals surface area contributed by atoms with Crippen LogP contribution < -0.4 is 10.1 Å². The second-order valence-corrected chi connectivity index (χ2v) is 6.13. The number of methoxy groups -OCH3 is 1. The third-order valence-electron chi connectivity index (χ3n) is 3.02. The average molecular weight is 312 g/mol. The van der Waals surface area contributed by atoms with Crippen molar-refractivity contribution in [3.05, 3.63) is 44.6 Å². The first kappa shape index (κ1) is 15.2. The molecule has 0 spiro atoms. The van der Waals surface area contributed by atoms with E-state index < -0.39 is 0 Å². The van der Waals surface area contributed by atoms with Crippen molar-refractivity contribution >= 4 is 22.9 Å². The molecule has 1 aromatic carbocycles. The fourth-order valence-corrected chi connectivity index (χ4v) is 3.10. The van der Waals surface area contributed by atoms with Crippen molar-refractivity contribution in [2.24, 2.45) is 0 Å². The predicted octanol–water partition coefficient (Wildman–Crippen LogP) is 3.97. The molecule has 0 atom stereocenters. The van der Waals surface area contributed by atoms with Crippen LogP contribution in [-0.2, 0) is 19.5 Å². The van der Waals surface area contributed by atoms with Crippen LogP contribution in [-0.4, -0.2) is 12.2 Å². The number of phenolic OH excluding ortho intramolecular Hbond substituents is 1. The third kappa shape index (κ3) is 3.66. The second-order valence-electron chi connectivity index (χ2n) is 4.44. The van der Waals surface area contributed by atoms with E-state index in [-0.39, 0.29) is 5.75 Å². The Labute approximate surface area is 128 Å². The molecule has 2 rings (SSSR count). The first-order valence-electron chi connectivity index (χ1n) is 6.47. The maximum atomic E-state index is 10.0. The average Bonchev–Trinajstić information content (AvgIpc) is 2.90. The third-order valence-corrected chi connectivity index (χ3v) is 4.47. The Morgan fingerprint density at radius 1 is 1.25 bits per heavy atom. The van der Waals surface area contributed by atoms with Crippen molar-refractivity contribution in [2.45, 2.75) is 26.4 Å². The summed E-state index contributed by atoms with van der Waals surface area (Å²) in [7, 11) is 1.51. The number of phenols is 1. The summed E-state index contributed by atoms with van der Waals surface area (Å²) in [5, 5.41) is 13.9. The van der Waals surface area contributed by atoms with Gasteiger partial charge in [-0.25, -0.2) is 0 Å². The molecule has 0 radical (unpaired) electrons. The van der Waals surface area contributed by atoms with Gasteiger partial charge in [0.25, 0.3) is 0 Å². The Morgan fingerprint density at radius 2 is 2.00 bits per heavy atom. The van der Waals surface area contributed by atoms with Gasteiger partial charge in [-0.15, -0.1) is 11.3 Å². The highest BCUT2D eigenvalue weighted by atomic mass is 35.5. The standard InChI is InChI=1S/C15H18ClNO2S/c1-3-12-4-5-13(20-12)9-17-8-10-6-11(16)7-14(19-2)15(10)18/h4-7,17-18H,3,8-9H2,1-2H3. The van der Waals surface area contributed by atoms with Crippen LogP contribution in [0.25, 0.3) is 0 Å². The van der Waals surface area contributed by atoms with E-state index >= 15 is 0 Å². The molecule has 0 fully saturated rings. The Kier molecular flexibility index (Phi) is 5.29. The number of nitrogens with one attached hydrogen (secondary N) is 1. The van der Waals surface area contributed by atoms with Gasteiger partial charge in [0.2, 0.25) is 0 Å². The highest BCUT2D eigenvalue weighted by Crippen LogP contribution is 2.33. The molecule has 5 heteroatoms. The molecule has 0 saturated carbocycles. The van der Waals surface area contributed by atoms with E-state index in [1.807, 2.05) is 11.3 Å². The fraction of sp³-hybridized carbons (Fsp3) is 0.333. The Bertz CT molecular complexity index is 583. The highest BCUT2D eigenvalue weighted by molar-refractivity contribution is 7.11. The number of thiophene rings is 1. The monoisotopic (exact) mass is 311 g/mol. The minimum atomic E-state index is 0.143. The number of hydrogen-bond acceptors (Lipinski definition) is 4. The molecular weight excluding hydrogens is 294 g/mol. The zero-order valence-electron chi connectivity index (χ0n) is 11.6. The Hall–Kier alpha value is -1.23. The lowest BCUT2D eigenvalue weighted by Gasteiger charge is -2.10. The molecule has 2 aromatic rings. The highest BCUT2D eigenvalue weighted by Gasteiger charge is 2.09. The number of benzene rings is 1. The largest absolute Gasteiger partial charge is 0.504 e. The van der Waals surface area contributed by atoms with Crippen molar-refractivity contribution in [3.8, 4) is 11.5 Å². The van der Waals surface area contributed by atoms with Crippen LogP contribution in [0.4, 0.5) is 0 Å². The van der Waals surface area contributed by atoms with Gasteiger partial charge < -0.3 is 15.2 Å². The zero-order chi connectivity index (χ0) is 14.5. The Balaban J connectivity index is 1.98. The summed E-state index contributed by atoms with van der Waals surface area (Å²) >= 11 is 7.81. The van der Waals surface area contributed by atoms with Crippen LogP contribution in [0.2, 0.25) is 5.02 Å². The van der Waals surface area contributed by atoms with E-state index in [1.54, 1.807) is 12.1 Å². The molecule has 0 aliphatic carbocycles. The smallest absolute Gasteiger partial charge is 0.162 e. The summed E-state index contributed by atoms with van der Waals surface area (Å²) in [6.45, 7) is 3.47. The second kappa shape index (κ2) is 6.97. The van der Waals surface area contributed by atoms with E-state index in [0.717, 1.165) is 18.5 Å². The minimum Gasteiger partial charge on any atom is -0.504 e. The summed E-state index contributed by atoms with van der Waals surface area (Å²) < 4.78 is 5.09. The van der Waals surface area contributed by atoms with Gasteiger partial charge in [0.1, 0.15) is 0 Å². The number of aryl methyl sites for hydroxylation is 1. The molecule has 0 amide bonds. The molecular formula is C15H18ClNO2S. The molecule has 108 valence electrons. The van der Waals surface area contributed by atoms with Crippen LogP contribution in [0.3, 0.4) is 0 Å². The van der Waals surface area contributed by atoms with E-state index in [4.69, 9.17) is 16.3 Å². The summed E-state index contributed by atoms with van der Waals surface area (Å²) in [6.07, 6.45) is 1.07. The van der Waals surface area contributed by atoms with E-state index in [0.29, 0.717) is 17.3 Å². The van der Waals surface area contributed by atoms with Crippen molar-refractivity contribution in [2.75, 3.05) is 7.11 Å². The molecule has 1 aromatic heterocycles. The molecule has 3 nitrogen and oxygen atoms in total. The SMILES string of the molecule is CCc1ccc(CNCc2cc(Cl)cc(OC)c2O)s1. The minimum absolute atomic E-state index is 0.143. The van der Waals surface area contributed by atoms with Gasteiger partial charge in [-0.05, 0) is 24.6 Å². The number of ether oxygens (including phenoxy) is 1. The van der Waals surface area contributed by atoms with Crippen LogP contribution in [0.5, 0.6) is 11.5 Å². The van der Waals surface area contributed by atoms with Crippen LogP contribution in [0.1, 0.15) is 22.2 Å². The lowest BCUT2D eigenvalue weighted by molar-refractivity contribution is 0.369. The zero-order valence-corrected chi connectivity index (χ0v) is 13.1. The number of rotatable bonds is 6. The maximum Gasteiger partial charge on any atom is 0.162 e. The van der Waals surface area contributed by atoms with Crippen LogP contribution in [0, 0.1) is 0 Å². The first-order valence-corrected chi connectivity index (χ1v) is 7.67. The molecule has 1 heterocycles. The lowest BCUT2D eigenvalue weighted by Crippen LogP contribution is -2.12. The molecule has 20 heavy (non-hydrogen) atoms. The van der Waals surface area contributed by atoms with E-state index in [2.05, 4.69) is 24.4 Å². The normalized spacial score (nSPS) is 10.8. The topological polar surface area (TPSA) is 41.5 Å². The fourth-order valence-electron chi connectivity index (χ4n) is 1.95. The number of aromatic hydroxyl groups is 1. The summed E-state index contributed by atoms with van der Waals surface area (Å²) in [4.78, 5) is 2.67. The van der Waals surface area contributed by atoms with Crippen LogP contribution in [0.15, 0.2) is 24.3 Å². The van der Waals surface area contributed by atoms with E-state index in [9.17, 15) is 5.11 Å². The quantitative estimate of drug-likeness (QED) is 0.848. The molecule has 2 N–H and O–H groups in total. The predicted molar refractivity (Wildman–Crippen MR) is 83.9 cm³/mol. The molecule has 0 aliphatic heterocycles. The van der Waals surface area contributed by atoms with Crippen molar-refractivity contribution in [1.29, 1.82) is 0 Å². The van der Waals surface area contributed by atoms with Gasteiger partial charge in [-0.2, -0.15) is 0 Å². The summed E-state index contributed by atoms with van der Waals surface area (Å²) in [6, 6.07) is 7.64. The first-order chi connectivity index (χ1) is 9.63. The van der Waals surface area contributed by atoms with Crippen molar-refractivity contribution in [3.63, 3.8) is 0 Å². The molecule has 0 bridgehead atoms. The van der Waals surface area contributed by atoms with E-state index in [1.165, 1.54) is 16.9 Å². The van der Waals surface area contributed by atoms with Gasteiger partial charge in [-0.3, -0.25) is 0 Å². The number of hydrogen-bond donors (Lipinski definition) is 2. The summed E-state index contributed by atoms with van der Waals surface area (Å²) in [5.41, 5.74) is 0.738. The van der Waals surface area contributed by atoms with Crippen molar-refractivity contribution < 1.29 is 9.84 Å². The molecule has 0 unspecified atom stereocenters. The maximum absolute atomic E-state index is 10.0. The van der Waals surface area contributed by atoms with Crippen LogP contribution >= 0.6 is 22.9 Å². The van der Waals surface area contributed by atoms with Gasteiger partial charge in [0, 0.05) is 39.5 Å². The van der Waals surface area contributed by atoms with Gasteiger partial charge in [-0.1, -0.05) is 18.5 Å². The van der Waals surface area contributed by atoms with Gasteiger partial charge in [0.15, 0.2) is 11.5 Å². The Morgan fingerprint density at radius 3 is 2.65 bits per heavy atom. The van der Waals surface area contributed by atoms with Crippen molar-refractivity contribution in [1.82, 2.24) is 5.32 Å².